The summed E-state index contributed by atoms with van der Waals surface area (Å²) in [6, 6.07) is 0. The lowest BCUT2D eigenvalue weighted by Gasteiger charge is -2.57. The van der Waals surface area contributed by atoms with E-state index < -0.39 is 0 Å². The Kier molecular flexibility index (Phi) is 3.45. The summed E-state index contributed by atoms with van der Waals surface area (Å²) in [6.45, 7) is 3.12. The second-order valence-corrected chi connectivity index (χ2v) is 8.53. The van der Waals surface area contributed by atoms with E-state index in [4.69, 9.17) is 0 Å². The maximum absolute atomic E-state index is 4.62. The van der Waals surface area contributed by atoms with Gasteiger partial charge >= 0.3 is 0 Å². The van der Waals surface area contributed by atoms with Crippen LogP contribution in [0.2, 0.25) is 0 Å². The van der Waals surface area contributed by atoms with Crippen LogP contribution in [0.1, 0.15) is 56.8 Å². The zero-order chi connectivity index (χ0) is 14.6. The molecule has 0 radical (unpaired) electrons. The summed E-state index contributed by atoms with van der Waals surface area (Å²) in [6.07, 6.45) is 9.76. The average molecular weight is 352 g/mol. The van der Waals surface area contributed by atoms with E-state index in [1.165, 1.54) is 54.4 Å². The molecule has 0 atom stereocenters. The van der Waals surface area contributed by atoms with E-state index in [2.05, 4.69) is 45.0 Å². The van der Waals surface area contributed by atoms with Gasteiger partial charge in [0.25, 0.3) is 0 Å². The topological polar surface area (TPSA) is 29.9 Å². The smallest absolute Gasteiger partial charge is 0.0767 e. The number of aromatic nitrogens is 2. The fraction of sp³-hybridized carbons (Fsp3) is 0.824. The Bertz CT molecular complexity index is 513. The number of rotatable bonds is 4. The van der Waals surface area contributed by atoms with Crippen molar-refractivity contribution in [1.29, 1.82) is 0 Å². The van der Waals surface area contributed by atoms with Crippen molar-refractivity contribution < 1.29 is 0 Å². The minimum absolute atomic E-state index is 0.435. The van der Waals surface area contributed by atoms with Gasteiger partial charge in [-0.25, -0.2) is 0 Å². The first-order valence-corrected chi connectivity index (χ1v) is 9.33. The molecule has 4 aliphatic carbocycles. The van der Waals surface area contributed by atoms with Gasteiger partial charge < -0.3 is 5.32 Å². The van der Waals surface area contributed by atoms with E-state index in [0.717, 1.165) is 30.7 Å². The largest absolute Gasteiger partial charge is 0.306 e. The van der Waals surface area contributed by atoms with Gasteiger partial charge in [-0.15, -0.1) is 0 Å². The predicted molar refractivity (Wildman–Crippen MR) is 88.0 cm³/mol. The molecular formula is C17H26BrN3. The van der Waals surface area contributed by atoms with Crippen LogP contribution in [0.25, 0.3) is 0 Å². The zero-order valence-corrected chi connectivity index (χ0v) is 14.7. The van der Waals surface area contributed by atoms with Crippen LogP contribution in [0.5, 0.6) is 0 Å². The molecule has 0 aromatic carbocycles. The van der Waals surface area contributed by atoms with Gasteiger partial charge in [0.05, 0.1) is 15.9 Å². The minimum atomic E-state index is 0.435. The van der Waals surface area contributed by atoms with E-state index >= 15 is 0 Å². The van der Waals surface area contributed by atoms with Gasteiger partial charge in [-0.1, -0.05) is 6.92 Å². The molecule has 0 spiro atoms. The molecular weight excluding hydrogens is 326 g/mol. The van der Waals surface area contributed by atoms with E-state index in [1.54, 1.807) is 0 Å². The molecule has 116 valence electrons. The number of aryl methyl sites for hydroxylation is 2. The van der Waals surface area contributed by atoms with Gasteiger partial charge in [-0.05, 0) is 78.6 Å². The highest BCUT2D eigenvalue weighted by atomic mass is 79.9. The Balaban J connectivity index is 1.51. The van der Waals surface area contributed by atoms with Crippen LogP contribution >= 0.6 is 15.9 Å². The minimum Gasteiger partial charge on any atom is -0.306 e. The molecule has 0 saturated heterocycles. The number of nitrogens with zero attached hydrogens (tertiary/aromatic N) is 2. The standard InChI is InChI=1S/C17H26BrN3/c1-3-14-16(18)15(21(2)20-14)10-19-17-7-11-4-12(8-17)6-13(5-11)9-17/h11-13,19H,3-10H2,1-2H3. The Hall–Kier alpha value is -0.350. The number of hydrogen-bond acceptors (Lipinski definition) is 2. The van der Waals surface area contributed by atoms with Crippen LogP contribution in [0.3, 0.4) is 0 Å². The van der Waals surface area contributed by atoms with Crippen molar-refractivity contribution in [2.45, 2.75) is 64.0 Å². The average Bonchev–Trinajstić information content (AvgIpc) is 2.69. The van der Waals surface area contributed by atoms with Gasteiger partial charge in [0.15, 0.2) is 0 Å². The number of nitrogens with one attached hydrogen (secondary N) is 1. The van der Waals surface area contributed by atoms with Crippen LogP contribution in [0, 0.1) is 17.8 Å². The first-order chi connectivity index (χ1) is 10.1. The van der Waals surface area contributed by atoms with Gasteiger partial charge in [0, 0.05) is 19.1 Å². The van der Waals surface area contributed by atoms with Crippen LogP contribution in [0.15, 0.2) is 4.47 Å². The molecule has 4 aliphatic rings. The highest BCUT2D eigenvalue weighted by Gasteiger charge is 2.50. The first kappa shape index (κ1) is 14.3. The molecule has 4 heteroatoms. The van der Waals surface area contributed by atoms with Gasteiger partial charge in [-0.2, -0.15) is 5.10 Å². The molecule has 5 rings (SSSR count). The summed E-state index contributed by atoms with van der Waals surface area (Å²) in [5, 5.41) is 8.60. The van der Waals surface area contributed by atoms with E-state index in [-0.39, 0.29) is 0 Å². The van der Waals surface area contributed by atoms with Gasteiger partial charge in [-0.3, -0.25) is 4.68 Å². The Labute approximate surface area is 136 Å². The monoisotopic (exact) mass is 351 g/mol. The molecule has 0 amide bonds. The molecule has 21 heavy (non-hydrogen) atoms. The maximum atomic E-state index is 4.62. The molecule has 4 bridgehead atoms. The molecule has 4 fully saturated rings. The predicted octanol–water partition coefficient (Wildman–Crippen LogP) is 3.80. The summed E-state index contributed by atoms with van der Waals surface area (Å²) >= 11 is 3.75. The van der Waals surface area contributed by atoms with Crippen molar-refractivity contribution >= 4 is 15.9 Å². The van der Waals surface area contributed by atoms with Crippen molar-refractivity contribution in [2.24, 2.45) is 24.8 Å². The third-order valence-corrected chi connectivity index (χ3v) is 7.09. The summed E-state index contributed by atoms with van der Waals surface area (Å²) < 4.78 is 3.26. The Morgan fingerprint density at radius 1 is 1.19 bits per heavy atom. The molecule has 1 aromatic rings. The van der Waals surface area contributed by atoms with E-state index in [1.807, 2.05) is 0 Å². The molecule has 1 heterocycles. The van der Waals surface area contributed by atoms with Gasteiger partial charge in [0.2, 0.25) is 0 Å². The highest BCUT2D eigenvalue weighted by molar-refractivity contribution is 9.10. The Morgan fingerprint density at radius 3 is 2.24 bits per heavy atom. The van der Waals surface area contributed by atoms with Crippen molar-refractivity contribution in [2.75, 3.05) is 0 Å². The maximum Gasteiger partial charge on any atom is 0.0767 e. The molecule has 3 nitrogen and oxygen atoms in total. The summed E-state index contributed by atoms with van der Waals surface area (Å²) in [7, 11) is 2.07. The van der Waals surface area contributed by atoms with E-state index in [0.29, 0.717) is 5.54 Å². The third kappa shape index (κ3) is 2.39. The lowest BCUT2D eigenvalue weighted by Crippen LogP contribution is -2.58. The quantitative estimate of drug-likeness (QED) is 0.893. The van der Waals surface area contributed by atoms with Gasteiger partial charge in [0.1, 0.15) is 0 Å². The number of halogens is 1. The SMILES string of the molecule is CCc1nn(C)c(CNC23CC4CC(CC(C4)C2)C3)c1Br. The molecule has 0 unspecified atom stereocenters. The van der Waals surface area contributed by atoms with Crippen LogP contribution in [-0.2, 0) is 20.0 Å². The highest BCUT2D eigenvalue weighted by Crippen LogP contribution is 2.55. The van der Waals surface area contributed by atoms with Crippen molar-refractivity contribution in [3.05, 3.63) is 15.9 Å². The lowest BCUT2D eigenvalue weighted by atomic mass is 9.53. The molecule has 4 saturated carbocycles. The summed E-state index contributed by atoms with van der Waals surface area (Å²) in [4.78, 5) is 0. The second-order valence-electron chi connectivity index (χ2n) is 7.74. The normalized spacial score (nSPS) is 37.4. The number of hydrogen-bond donors (Lipinski definition) is 1. The van der Waals surface area contributed by atoms with Crippen molar-refractivity contribution in [3.63, 3.8) is 0 Å². The summed E-state index contributed by atoms with van der Waals surface area (Å²) in [5.74, 6) is 3.01. The second kappa shape index (κ2) is 5.09. The first-order valence-electron chi connectivity index (χ1n) is 8.54. The fourth-order valence-corrected chi connectivity index (χ4v) is 6.37. The van der Waals surface area contributed by atoms with Crippen molar-refractivity contribution in [1.82, 2.24) is 15.1 Å². The lowest BCUT2D eigenvalue weighted by molar-refractivity contribution is -0.0208. The molecule has 1 aromatic heterocycles. The van der Waals surface area contributed by atoms with Crippen molar-refractivity contribution in [3.8, 4) is 0 Å². The van der Waals surface area contributed by atoms with Crippen LogP contribution in [0.4, 0.5) is 0 Å². The third-order valence-electron chi connectivity index (χ3n) is 6.17. The molecule has 0 aliphatic heterocycles. The Morgan fingerprint density at radius 2 is 1.76 bits per heavy atom. The van der Waals surface area contributed by atoms with Crippen LogP contribution < -0.4 is 5.32 Å². The van der Waals surface area contributed by atoms with E-state index in [9.17, 15) is 0 Å². The zero-order valence-electron chi connectivity index (χ0n) is 13.2. The molecule has 1 N–H and O–H groups in total. The summed E-state index contributed by atoms with van der Waals surface area (Å²) in [5.41, 5.74) is 2.92. The fourth-order valence-electron chi connectivity index (χ4n) is 5.61. The van der Waals surface area contributed by atoms with Crippen LogP contribution in [-0.4, -0.2) is 15.3 Å².